The number of carbonyl (C=O) groups is 1. The van der Waals surface area contributed by atoms with Crippen LogP contribution in [0.15, 0.2) is 30.6 Å². The summed E-state index contributed by atoms with van der Waals surface area (Å²) in [6.45, 7) is 8.65. The van der Waals surface area contributed by atoms with Crippen LogP contribution in [-0.2, 0) is 18.5 Å². The van der Waals surface area contributed by atoms with E-state index >= 15 is 0 Å². The predicted molar refractivity (Wildman–Crippen MR) is 129 cm³/mol. The average molecular weight is 502 g/mol. The minimum atomic E-state index is -4.32. The van der Waals surface area contributed by atoms with Gasteiger partial charge in [0, 0.05) is 34.8 Å². The van der Waals surface area contributed by atoms with Gasteiger partial charge in [0.2, 0.25) is 0 Å². The Balaban J connectivity index is 1.70. The van der Waals surface area contributed by atoms with Crippen LogP contribution in [0.25, 0.3) is 11.5 Å². The second-order valence-electron chi connectivity index (χ2n) is 9.98. The van der Waals surface area contributed by atoms with Crippen LogP contribution in [0, 0.1) is 0 Å². The molecule has 0 saturated heterocycles. The number of rotatable bonds is 7. The lowest BCUT2D eigenvalue weighted by atomic mass is 9.89. The summed E-state index contributed by atoms with van der Waals surface area (Å²) < 4.78 is 40.8. The maximum atomic E-state index is 13.5. The van der Waals surface area contributed by atoms with Gasteiger partial charge in [-0.3, -0.25) is 14.7 Å². The quantitative estimate of drug-likeness (QED) is 0.500. The summed E-state index contributed by atoms with van der Waals surface area (Å²) in [5.74, 6) is 0.425. The van der Waals surface area contributed by atoms with Gasteiger partial charge in [-0.2, -0.15) is 13.2 Å². The minimum Gasteiger partial charge on any atom is -0.314 e. The standard InChI is InChI=1S/C25H30F3N7O/c1-6-15(11-25(26,27)28)35-14-30-33-22(35)18-8-7-9-21(32-18)34-13-17-16(23(34)36)10-20(24(2,3)4)31-19(17)12-29-5/h7-10,14-15,29H,6,11-13H2,1-5H3. The molecule has 0 saturated carbocycles. The van der Waals surface area contributed by atoms with Gasteiger partial charge < -0.3 is 9.88 Å². The molecular weight excluding hydrogens is 471 g/mol. The van der Waals surface area contributed by atoms with Crippen molar-refractivity contribution in [3.05, 3.63) is 53.1 Å². The van der Waals surface area contributed by atoms with Crippen LogP contribution in [0.2, 0.25) is 0 Å². The second-order valence-corrected chi connectivity index (χ2v) is 9.98. The van der Waals surface area contributed by atoms with Crippen molar-refractivity contribution in [2.24, 2.45) is 0 Å². The van der Waals surface area contributed by atoms with Crippen LogP contribution >= 0.6 is 0 Å². The van der Waals surface area contributed by atoms with Gasteiger partial charge in [-0.1, -0.05) is 33.8 Å². The molecule has 8 nitrogen and oxygen atoms in total. The third-order valence-corrected chi connectivity index (χ3v) is 6.26. The summed E-state index contributed by atoms with van der Waals surface area (Å²) in [6.07, 6.45) is -3.77. The summed E-state index contributed by atoms with van der Waals surface area (Å²) in [5.41, 5.74) is 3.18. The van der Waals surface area contributed by atoms with Crippen LogP contribution in [0.1, 0.15) is 73.9 Å². The molecule has 3 aromatic rings. The molecule has 1 N–H and O–H groups in total. The van der Waals surface area contributed by atoms with E-state index in [2.05, 4.69) is 20.5 Å². The minimum absolute atomic E-state index is 0.190. The average Bonchev–Trinajstić information content (AvgIpc) is 3.42. The lowest BCUT2D eigenvalue weighted by Gasteiger charge is -2.20. The molecule has 1 amide bonds. The first-order chi connectivity index (χ1) is 16.9. The summed E-state index contributed by atoms with van der Waals surface area (Å²) >= 11 is 0. The zero-order valence-electron chi connectivity index (χ0n) is 21.0. The summed E-state index contributed by atoms with van der Waals surface area (Å²) in [7, 11) is 1.83. The molecule has 1 unspecified atom stereocenters. The Morgan fingerprint density at radius 3 is 2.56 bits per heavy atom. The molecule has 192 valence electrons. The molecule has 1 aliphatic heterocycles. The zero-order chi connectivity index (χ0) is 26.3. The van der Waals surface area contributed by atoms with E-state index in [0.29, 0.717) is 30.2 Å². The van der Waals surface area contributed by atoms with E-state index in [-0.39, 0.29) is 23.6 Å². The van der Waals surface area contributed by atoms with E-state index in [1.807, 2.05) is 33.9 Å². The predicted octanol–water partition coefficient (Wildman–Crippen LogP) is 4.82. The number of amides is 1. The SMILES string of the molecule is CCC(CC(F)(F)F)n1cnnc1-c1cccc(N2Cc3c(cc(C(C)(C)C)nc3CNC)C2=O)n1. The number of pyridine rings is 2. The Kier molecular flexibility index (Phi) is 6.87. The molecule has 0 aromatic carbocycles. The smallest absolute Gasteiger partial charge is 0.314 e. The van der Waals surface area contributed by atoms with Crippen LogP contribution in [0.4, 0.5) is 19.0 Å². The van der Waals surface area contributed by atoms with Gasteiger partial charge >= 0.3 is 6.18 Å². The van der Waals surface area contributed by atoms with E-state index in [0.717, 1.165) is 17.0 Å². The van der Waals surface area contributed by atoms with Crippen molar-refractivity contribution < 1.29 is 18.0 Å². The number of hydrogen-bond donors (Lipinski definition) is 1. The molecule has 36 heavy (non-hydrogen) atoms. The monoisotopic (exact) mass is 501 g/mol. The van der Waals surface area contributed by atoms with Crippen molar-refractivity contribution >= 4 is 11.7 Å². The zero-order valence-corrected chi connectivity index (χ0v) is 21.0. The highest BCUT2D eigenvalue weighted by atomic mass is 19.4. The molecule has 4 heterocycles. The normalized spacial score (nSPS) is 14.9. The van der Waals surface area contributed by atoms with Gasteiger partial charge in [-0.15, -0.1) is 10.2 Å². The van der Waals surface area contributed by atoms with Crippen LogP contribution < -0.4 is 10.2 Å². The number of halogens is 3. The van der Waals surface area contributed by atoms with Crippen LogP contribution in [0.3, 0.4) is 0 Å². The van der Waals surface area contributed by atoms with Crippen molar-refractivity contribution in [1.29, 1.82) is 0 Å². The number of fused-ring (bicyclic) bond motifs is 1. The number of nitrogens with zero attached hydrogens (tertiary/aromatic N) is 6. The third-order valence-electron chi connectivity index (χ3n) is 6.26. The molecule has 0 bridgehead atoms. The van der Waals surface area contributed by atoms with Crippen molar-refractivity contribution in [3.63, 3.8) is 0 Å². The van der Waals surface area contributed by atoms with Crippen molar-refractivity contribution in [1.82, 2.24) is 30.0 Å². The number of aromatic nitrogens is 5. The van der Waals surface area contributed by atoms with Gasteiger partial charge in [-0.05, 0) is 31.7 Å². The lowest BCUT2D eigenvalue weighted by Crippen LogP contribution is -2.24. The molecule has 0 radical (unpaired) electrons. The molecule has 1 atom stereocenters. The maximum Gasteiger partial charge on any atom is 0.391 e. The van der Waals surface area contributed by atoms with E-state index in [1.165, 1.54) is 10.9 Å². The van der Waals surface area contributed by atoms with Gasteiger partial charge in [0.1, 0.15) is 17.8 Å². The fourth-order valence-corrected chi connectivity index (χ4v) is 4.35. The Morgan fingerprint density at radius 2 is 1.92 bits per heavy atom. The van der Waals surface area contributed by atoms with E-state index in [4.69, 9.17) is 4.98 Å². The molecule has 1 aliphatic rings. The number of alkyl halides is 3. The van der Waals surface area contributed by atoms with Gasteiger partial charge in [0.25, 0.3) is 5.91 Å². The summed E-state index contributed by atoms with van der Waals surface area (Å²) in [6, 6.07) is 6.07. The topological polar surface area (TPSA) is 88.8 Å². The molecule has 3 aromatic heterocycles. The number of anilines is 1. The number of carbonyl (C=O) groups excluding carboxylic acids is 1. The first kappa shape index (κ1) is 25.7. The van der Waals surface area contributed by atoms with E-state index < -0.39 is 18.6 Å². The largest absolute Gasteiger partial charge is 0.391 e. The molecule has 0 aliphatic carbocycles. The second kappa shape index (κ2) is 9.61. The first-order valence-corrected chi connectivity index (χ1v) is 11.9. The third kappa shape index (κ3) is 5.11. The van der Waals surface area contributed by atoms with Crippen molar-refractivity contribution in [2.45, 2.75) is 71.3 Å². The fourth-order valence-electron chi connectivity index (χ4n) is 4.35. The lowest BCUT2D eigenvalue weighted by molar-refractivity contribution is -0.143. The van der Waals surface area contributed by atoms with E-state index in [9.17, 15) is 18.0 Å². The molecule has 11 heteroatoms. The fraction of sp³-hybridized carbons (Fsp3) is 0.480. The molecular formula is C25H30F3N7O. The van der Waals surface area contributed by atoms with Gasteiger partial charge in [-0.25, -0.2) is 4.98 Å². The van der Waals surface area contributed by atoms with Gasteiger partial charge in [0.15, 0.2) is 5.82 Å². The highest BCUT2D eigenvalue weighted by Crippen LogP contribution is 2.35. The Labute approximate surface area is 208 Å². The first-order valence-electron chi connectivity index (χ1n) is 11.9. The van der Waals surface area contributed by atoms with Gasteiger partial charge in [0.05, 0.1) is 18.7 Å². The highest BCUT2D eigenvalue weighted by Gasteiger charge is 2.35. The molecule has 0 fully saturated rings. The summed E-state index contributed by atoms with van der Waals surface area (Å²) in [4.78, 5) is 24.5. The molecule has 4 rings (SSSR count). The summed E-state index contributed by atoms with van der Waals surface area (Å²) in [5, 5.41) is 11.0. The number of hydrogen-bond acceptors (Lipinski definition) is 6. The molecule has 0 spiro atoms. The maximum absolute atomic E-state index is 13.5. The Hall–Kier alpha value is -3.34. The van der Waals surface area contributed by atoms with Crippen LogP contribution in [0.5, 0.6) is 0 Å². The van der Waals surface area contributed by atoms with Crippen molar-refractivity contribution in [3.8, 4) is 11.5 Å². The van der Waals surface area contributed by atoms with E-state index in [1.54, 1.807) is 30.0 Å². The Morgan fingerprint density at radius 1 is 1.17 bits per heavy atom. The van der Waals surface area contributed by atoms with Crippen molar-refractivity contribution in [2.75, 3.05) is 11.9 Å². The highest BCUT2D eigenvalue weighted by molar-refractivity contribution is 6.09. The Bertz CT molecular complexity index is 1260. The van der Waals surface area contributed by atoms with Crippen LogP contribution in [-0.4, -0.2) is 43.9 Å². The number of nitrogens with one attached hydrogen (secondary N) is 1.